The number of aromatic nitrogens is 4. The van der Waals surface area contributed by atoms with Gasteiger partial charge in [0, 0.05) is 23.3 Å². The predicted octanol–water partition coefficient (Wildman–Crippen LogP) is 2.14. The van der Waals surface area contributed by atoms with Crippen LogP contribution >= 0.6 is 0 Å². The summed E-state index contributed by atoms with van der Waals surface area (Å²) in [5, 5.41) is 0. The molecule has 2 aromatic carbocycles. The minimum atomic E-state index is -3.79. The summed E-state index contributed by atoms with van der Waals surface area (Å²) in [5.41, 5.74) is 11.9. The van der Waals surface area contributed by atoms with E-state index in [1.807, 2.05) is 0 Å². The van der Waals surface area contributed by atoms with Crippen molar-refractivity contribution in [3.8, 4) is 0 Å². The maximum absolute atomic E-state index is 11.8. The number of hydrogen-bond donors (Lipinski definition) is 3. The summed E-state index contributed by atoms with van der Waals surface area (Å²) in [7, 11) is -7.57. The van der Waals surface area contributed by atoms with Crippen LogP contribution in [0.25, 0.3) is 9.44 Å². The van der Waals surface area contributed by atoms with Crippen molar-refractivity contribution in [3.63, 3.8) is 0 Å². The number of anilines is 2. The fourth-order valence-electron chi connectivity index (χ4n) is 2.28. The number of benzene rings is 2. The first kappa shape index (κ1) is 33.2. The van der Waals surface area contributed by atoms with Gasteiger partial charge in [-0.15, -0.1) is 0 Å². The summed E-state index contributed by atoms with van der Waals surface area (Å²) >= 11 is 0. The van der Waals surface area contributed by atoms with E-state index in [1.54, 1.807) is 12.1 Å². The SMILES string of the molecule is N.Nc1ccc(S(=O)(=O)[N-]c2ncccn2)cc1.Nc1ccc(S(=O)(=O)[N-]c2ncccn2)cc1.[OH3+].[Zn+2]. The van der Waals surface area contributed by atoms with E-state index in [4.69, 9.17) is 11.5 Å². The summed E-state index contributed by atoms with van der Waals surface area (Å²) in [6.07, 6.45) is 5.68. The van der Waals surface area contributed by atoms with Crippen LogP contribution < -0.4 is 17.6 Å². The van der Waals surface area contributed by atoms with Crippen LogP contribution in [0.2, 0.25) is 0 Å². The topological polar surface area (TPSA) is 268 Å². The molecule has 0 aliphatic rings. The average molecular weight is 600 g/mol. The number of nitrogens with two attached hydrogens (primary N) is 2. The van der Waals surface area contributed by atoms with Crippen molar-refractivity contribution in [3.05, 3.63) is 94.9 Å². The molecule has 0 saturated heterocycles. The number of rotatable bonds is 6. The second-order valence-electron chi connectivity index (χ2n) is 6.37. The van der Waals surface area contributed by atoms with Crippen LogP contribution in [0.5, 0.6) is 0 Å². The third-order valence-electron chi connectivity index (χ3n) is 3.86. The van der Waals surface area contributed by atoms with Gasteiger partial charge in [0.2, 0.25) is 20.0 Å². The molecular formula is C20H24N9O5S2Zn+. The van der Waals surface area contributed by atoms with E-state index in [0.29, 0.717) is 11.4 Å². The standard InChI is InChI=1S/2C10H9N4O2S.H3N.H2O.Zn/c2*11-8-2-4-9(5-3-8)17(15,16)14-10-12-6-1-7-13-10;;;/h2*1-7H,11H2;1H3;1H2;/q2*-1;;;+2/p+1. The molecule has 0 saturated carbocycles. The summed E-state index contributed by atoms with van der Waals surface area (Å²) in [4.78, 5) is 15.0. The molecule has 0 unspecified atom stereocenters. The molecule has 37 heavy (non-hydrogen) atoms. The summed E-state index contributed by atoms with van der Waals surface area (Å²) in [5.74, 6) is -0.186. The summed E-state index contributed by atoms with van der Waals surface area (Å²) < 4.78 is 54.3. The van der Waals surface area contributed by atoms with Crippen LogP contribution in [0.15, 0.2) is 95.2 Å². The molecule has 192 valence electrons. The second-order valence-corrected chi connectivity index (χ2v) is 9.58. The van der Waals surface area contributed by atoms with Crippen LogP contribution in [0.3, 0.4) is 0 Å². The van der Waals surface area contributed by atoms with E-state index in [-0.39, 0.29) is 52.8 Å². The molecule has 0 aliphatic heterocycles. The summed E-state index contributed by atoms with van der Waals surface area (Å²) in [6.45, 7) is 0. The fraction of sp³-hybridized carbons (Fsp3) is 0. The van der Waals surface area contributed by atoms with Crippen molar-refractivity contribution < 1.29 is 41.8 Å². The smallest absolute Gasteiger partial charge is 0.457 e. The second kappa shape index (κ2) is 14.7. The van der Waals surface area contributed by atoms with Crippen LogP contribution in [0.4, 0.5) is 23.3 Å². The van der Waals surface area contributed by atoms with Gasteiger partial charge in [-0.05, 0) is 73.3 Å². The van der Waals surface area contributed by atoms with Crippen LogP contribution in [0, 0.1) is 0 Å². The van der Waals surface area contributed by atoms with Gasteiger partial charge in [0.25, 0.3) is 0 Å². The van der Waals surface area contributed by atoms with Crippen molar-refractivity contribution in [1.82, 2.24) is 26.1 Å². The van der Waals surface area contributed by atoms with Crippen molar-refractivity contribution in [2.75, 3.05) is 11.5 Å². The van der Waals surface area contributed by atoms with Gasteiger partial charge in [0.1, 0.15) is 0 Å². The van der Waals surface area contributed by atoms with E-state index in [1.165, 1.54) is 73.3 Å². The first-order valence-electron chi connectivity index (χ1n) is 9.37. The van der Waals surface area contributed by atoms with E-state index in [0.717, 1.165) is 0 Å². The quantitative estimate of drug-likeness (QED) is 0.164. The number of hydrogen-bond acceptors (Lipinski definition) is 11. The Morgan fingerprint density at radius 1 is 0.568 bits per heavy atom. The van der Waals surface area contributed by atoms with Crippen molar-refractivity contribution in [1.29, 1.82) is 0 Å². The normalized spacial score (nSPS) is 10.2. The molecule has 14 nitrogen and oxygen atoms in total. The Morgan fingerprint density at radius 2 is 0.838 bits per heavy atom. The van der Waals surface area contributed by atoms with Crippen LogP contribution in [-0.2, 0) is 45.0 Å². The van der Waals surface area contributed by atoms with Crippen molar-refractivity contribution in [2.24, 2.45) is 0 Å². The number of nitrogens with zero attached hydrogens (tertiary/aromatic N) is 6. The van der Waals surface area contributed by atoms with Gasteiger partial charge in [-0.2, -0.15) is 0 Å². The number of sulfonamides is 2. The maximum atomic E-state index is 11.8. The first-order chi connectivity index (χ1) is 16.2. The minimum absolute atomic E-state index is 0. The zero-order valence-electron chi connectivity index (χ0n) is 19.4. The zero-order valence-corrected chi connectivity index (χ0v) is 24.0. The van der Waals surface area contributed by atoms with E-state index in [9.17, 15) is 16.8 Å². The van der Waals surface area contributed by atoms with Gasteiger partial charge in [-0.1, -0.05) is 12.1 Å². The third-order valence-corrected chi connectivity index (χ3v) is 6.41. The minimum Gasteiger partial charge on any atom is -0.457 e. The molecule has 17 heteroatoms. The van der Waals surface area contributed by atoms with Gasteiger partial charge in [-0.25, -0.2) is 16.8 Å². The molecular weight excluding hydrogens is 576 g/mol. The molecule has 4 aromatic rings. The molecule has 0 spiro atoms. The largest absolute Gasteiger partial charge is 2.00 e. The van der Waals surface area contributed by atoms with E-state index >= 15 is 0 Å². The Balaban J connectivity index is 0.000000648. The van der Waals surface area contributed by atoms with Crippen LogP contribution in [0.1, 0.15) is 0 Å². The molecule has 2 heterocycles. The average Bonchev–Trinajstić information content (AvgIpc) is 2.81. The van der Waals surface area contributed by atoms with Gasteiger partial charge in [0.05, 0.1) is 9.79 Å². The summed E-state index contributed by atoms with van der Waals surface area (Å²) in [6, 6.07) is 14.7. The number of nitrogen functional groups attached to an aromatic ring is 2. The molecule has 0 aliphatic carbocycles. The molecule has 0 amide bonds. The van der Waals surface area contributed by atoms with E-state index in [2.05, 4.69) is 29.4 Å². The molecule has 0 radical (unpaired) electrons. The Morgan fingerprint density at radius 3 is 1.11 bits per heavy atom. The monoisotopic (exact) mass is 598 g/mol. The molecule has 2 aromatic heterocycles. The molecule has 0 atom stereocenters. The molecule has 0 bridgehead atoms. The van der Waals surface area contributed by atoms with Crippen LogP contribution in [-0.4, -0.2) is 36.8 Å². The fourth-order valence-corrected chi connectivity index (χ4v) is 4.07. The Hall–Kier alpha value is -3.76. The Bertz CT molecular complexity index is 1320. The van der Waals surface area contributed by atoms with Gasteiger partial charge in [0.15, 0.2) is 0 Å². The van der Waals surface area contributed by atoms with Crippen molar-refractivity contribution in [2.45, 2.75) is 9.79 Å². The zero-order chi connectivity index (χ0) is 24.6. The maximum Gasteiger partial charge on any atom is 2.00 e. The Labute approximate surface area is 226 Å². The van der Waals surface area contributed by atoms with Crippen molar-refractivity contribution >= 4 is 43.3 Å². The third kappa shape index (κ3) is 10.0. The van der Waals surface area contributed by atoms with Gasteiger partial charge in [-0.3, -0.25) is 9.44 Å². The molecule has 10 N–H and O–H groups in total. The molecule has 0 fully saturated rings. The predicted molar refractivity (Wildman–Crippen MR) is 136 cm³/mol. The molecule has 4 rings (SSSR count). The first-order valence-corrected chi connectivity index (χ1v) is 12.2. The van der Waals surface area contributed by atoms with Gasteiger partial charge >= 0.3 is 19.5 Å². The Kier molecular flexibility index (Phi) is 13.2. The van der Waals surface area contributed by atoms with Gasteiger partial charge < -0.3 is 43.0 Å². The van der Waals surface area contributed by atoms with E-state index < -0.39 is 20.0 Å².